The highest BCUT2D eigenvalue weighted by atomic mass is 32.2. The number of hydrogen-bond donors (Lipinski definition) is 0. The first-order valence-electron chi connectivity index (χ1n) is 8.91. The van der Waals surface area contributed by atoms with Crippen molar-refractivity contribution in [1.29, 1.82) is 5.26 Å². The first-order chi connectivity index (χ1) is 13.6. The minimum Gasteiger partial charge on any atom is -0.346 e. The Balaban J connectivity index is 1.62. The third-order valence-electron chi connectivity index (χ3n) is 4.82. The maximum Gasteiger partial charge on any atom is 0.175 e. The summed E-state index contributed by atoms with van der Waals surface area (Å²) in [6.07, 6.45) is 3.86. The van der Waals surface area contributed by atoms with Crippen LogP contribution in [0.15, 0.2) is 41.8 Å². The topological polar surface area (TPSA) is 71.6 Å². The number of ketones is 1. The van der Waals surface area contributed by atoms with E-state index in [9.17, 15) is 4.79 Å². The van der Waals surface area contributed by atoms with E-state index in [1.807, 2.05) is 35.0 Å². The number of thiophene rings is 1. The lowest BCUT2D eigenvalue weighted by atomic mass is 10.1. The molecule has 0 amide bonds. The van der Waals surface area contributed by atoms with Crippen LogP contribution < -0.4 is 0 Å². The summed E-state index contributed by atoms with van der Waals surface area (Å²) >= 11 is 3.12. The summed E-state index contributed by atoms with van der Waals surface area (Å²) in [5, 5.41) is 11.7. The molecule has 0 aliphatic heterocycles. The normalized spacial score (nSPS) is 11.2. The van der Waals surface area contributed by atoms with Gasteiger partial charge in [0.25, 0.3) is 0 Å². The SMILES string of the molecule is Cc1sc2ncnc(SCC(=O)c3cn(CCC#N)c4ccccc34)c2c1C. The van der Waals surface area contributed by atoms with Crippen LogP contribution in [-0.2, 0) is 6.54 Å². The van der Waals surface area contributed by atoms with Crippen LogP contribution >= 0.6 is 23.1 Å². The maximum atomic E-state index is 13.0. The van der Waals surface area contributed by atoms with E-state index in [1.165, 1.54) is 22.2 Å². The number of benzene rings is 1. The van der Waals surface area contributed by atoms with Crippen molar-refractivity contribution in [3.63, 3.8) is 0 Å². The minimum absolute atomic E-state index is 0.0632. The number of rotatable bonds is 6. The molecule has 0 bridgehead atoms. The van der Waals surface area contributed by atoms with Gasteiger partial charge in [-0.15, -0.1) is 11.3 Å². The van der Waals surface area contributed by atoms with Crippen molar-refractivity contribution in [2.75, 3.05) is 5.75 Å². The van der Waals surface area contributed by atoms with Crippen molar-refractivity contribution in [3.8, 4) is 6.07 Å². The molecule has 0 aliphatic carbocycles. The molecule has 0 saturated carbocycles. The molecule has 4 rings (SSSR count). The second-order valence-corrected chi connectivity index (χ2v) is 8.68. The predicted octanol–water partition coefficient (Wildman–Crippen LogP) is 5.15. The lowest BCUT2D eigenvalue weighted by molar-refractivity contribution is 0.102. The van der Waals surface area contributed by atoms with Crippen LogP contribution in [0.5, 0.6) is 0 Å². The lowest BCUT2D eigenvalue weighted by Gasteiger charge is -2.03. The van der Waals surface area contributed by atoms with Gasteiger partial charge in [0.1, 0.15) is 16.2 Å². The van der Waals surface area contributed by atoms with Gasteiger partial charge < -0.3 is 4.57 Å². The number of aryl methyl sites for hydroxylation is 3. The molecule has 1 aromatic carbocycles. The van der Waals surface area contributed by atoms with Gasteiger partial charge in [-0.2, -0.15) is 5.26 Å². The van der Waals surface area contributed by atoms with Gasteiger partial charge in [-0.05, 0) is 25.5 Å². The van der Waals surface area contributed by atoms with Gasteiger partial charge in [0.15, 0.2) is 5.78 Å². The minimum atomic E-state index is 0.0632. The molecule has 3 aromatic heterocycles. The smallest absolute Gasteiger partial charge is 0.175 e. The predicted molar refractivity (Wildman–Crippen MR) is 114 cm³/mol. The molecule has 140 valence electrons. The molecule has 0 saturated heterocycles. The first kappa shape index (κ1) is 18.7. The zero-order valence-corrected chi connectivity index (χ0v) is 17.2. The summed E-state index contributed by atoms with van der Waals surface area (Å²) in [5.74, 6) is 0.375. The van der Waals surface area contributed by atoms with E-state index in [0.29, 0.717) is 24.3 Å². The van der Waals surface area contributed by atoms with Crippen LogP contribution in [0.4, 0.5) is 0 Å². The molecule has 28 heavy (non-hydrogen) atoms. The Kier molecular flexibility index (Phi) is 5.16. The second kappa shape index (κ2) is 7.74. The average molecular weight is 407 g/mol. The highest BCUT2D eigenvalue weighted by molar-refractivity contribution is 8.00. The summed E-state index contributed by atoms with van der Waals surface area (Å²) in [5.41, 5.74) is 2.87. The van der Waals surface area contributed by atoms with Crippen molar-refractivity contribution in [1.82, 2.24) is 14.5 Å². The fourth-order valence-corrected chi connectivity index (χ4v) is 5.30. The Morgan fingerprint density at radius 2 is 2.11 bits per heavy atom. The Morgan fingerprint density at radius 1 is 1.29 bits per heavy atom. The van der Waals surface area contributed by atoms with E-state index >= 15 is 0 Å². The molecule has 0 spiro atoms. The number of carbonyl (C=O) groups is 1. The van der Waals surface area contributed by atoms with Crippen LogP contribution in [0, 0.1) is 25.2 Å². The standard InChI is InChI=1S/C21H18N4OS2/c1-13-14(2)28-21-19(13)20(23-12-24-21)27-11-18(26)16-10-25(9-5-8-22)17-7-4-3-6-15(16)17/h3-4,6-7,10,12H,5,9,11H2,1-2H3. The summed E-state index contributed by atoms with van der Waals surface area (Å²) in [6.45, 7) is 4.74. The third kappa shape index (κ3) is 3.30. The molecule has 5 nitrogen and oxygen atoms in total. The van der Waals surface area contributed by atoms with Gasteiger partial charge in [0, 0.05) is 39.5 Å². The van der Waals surface area contributed by atoms with Gasteiger partial charge in [0.05, 0.1) is 18.2 Å². The van der Waals surface area contributed by atoms with Gasteiger partial charge in [0.2, 0.25) is 0 Å². The Hall–Kier alpha value is -2.69. The lowest BCUT2D eigenvalue weighted by Crippen LogP contribution is -2.02. The number of hydrogen-bond acceptors (Lipinski definition) is 6. The van der Waals surface area contributed by atoms with Crippen molar-refractivity contribution in [2.24, 2.45) is 0 Å². The van der Waals surface area contributed by atoms with E-state index in [4.69, 9.17) is 5.26 Å². The quantitative estimate of drug-likeness (QED) is 0.251. The van der Waals surface area contributed by atoms with Crippen molar-refractivity contribution in [3.05, 3.63) is 52.8 Å². The highest BCUT2D eigenvalue weighted by Crippen LogP contribution is 2.35. The number of thioether (sulfide) groups is 1. The molecule has 0 fully saturated rings. The van der Waals surface area contributed by atoms with E-state index in [-0.39, 0.29) is 5.78 Å². The Morgan fingerprint density at radius 3 is 2.93 bits per heavy atom. The molecule has 4 aromatic rings. The first-order valence-corrected chi connectivity index (χ1v) is 10.7. The maximum absolute atomic E-state index is 13.0. The monoisotopic (exact) mass is 406 g/mol. The van der Waals surface area contributed by atoms with E-state index in [2.05, 4.69) is 29.9 Å². The van der Waals surface area contributed by atoms with Crippen LogP contribution in [-0.4, -0.2) is 26.1 Å². The van der Waals surface area contributed by atoms with E-state index in [1.54, 1.807) is 17.7 Å². The fourth-order valence-electron chi connectivity index (χ4n) is 3.30. The van der Waals surface area contributed by atoms with Gasteiger partial charge >= 0.3 is 0 Å². The van der Waals surface area contributed by atoms with Crippen LogP contribution in [0.2, 0.25) is 0 Å². The summed E-state index contributed by atoms with van der Waals surface area (Å²) in [6, 6.07) is 10.0. The molecular formula is C21H18N4OS2. The zero-order chi connectivity index (χ0) is 19.7. The number of nitrogens with zero attached hydrogens (tertiary/aromatic N) is 4. The average Bonchev–Trinajstić information content (AvgIpc) is 3.22. The zero-order valence-electron chi connectivity index (χ0n) is 15.6. The molecule has 3 heterocycles. The largest absolute Gasteiger partial charge is 0.346 e. The van der Waals surface area contributed by atoms with Gasteiger partial charge in [-0.3, -0.25) is 4.79 Å². The van der Waals surface area contributed by atoms with Crippen LogP contribution in [0.1, 0.15) is 27.2 Å². The van der Waals surface area contributed by atoms with Gasteiger partial charge in [-0.1, -0.05) is 30.0 Å². The molecule has 0 N–H and O–H groups in total. The number of nitriles is 1. The van der Waals surface area contributed by atoms with Crippen molar-refractivity contribution in [2.45, 2.75) is 31.8 Å². The number of fused-ring (bicyclic) bond motifs is 2. The summed E-state index contributed by atoms with van der Waals surface area (Å²) < 4.78 is 1.99. The molecule has 7 heteroatoms. The van der Waals surface area contributed by atoms with Crippen molar-refractivity contribution < 1.29 is 4.79 Å². The summed E-state index contributed by atoms with van der Waals surface area (Å²) in [7, 11) is 0. The number of para-hydroxylation sites is 1. The molecular weight excluding hydrogens is 388 g/mol. The van der Waals surface area contributed by atoms with E-state index in [0.717, 1.165) is 26.1 Å². The molecule has 0 atom stereocenters. The number of carbonyl (C=O) groups excluding carboxylic acids is 1. The molecule has 0 aliphatic rings. The molecule has 0 unspecified atom stereocenters. The van der Waals surface area contributed by atoms with Crippen molar-refractivity contribution >= 4 is 50.0 Å². The number of aromatic nitrogens is 3. The third-order valence-corrected chi connectivity index (χ3v) is 6.93. The van der Waals surface area contributed by atoms with Gasteiger partial charge in [-0.25, -0.2) is 9.97 Å². The highest BCUT2D eigenvalue weighted by Gasteiger charge is 2.17. The van der Waals surface area contributed by atoms with Crippen LogP contribution in [0.3, 0.4) is 0 Å². The summed E-state index contributed by atoms with van der Waals surface area (Å²) in [4.78, 5) is 24.0. The number of Topliss-reactive ketones (excluding diaryl/α,β-unsaturated/α-hetero) is 1. The Bertz CT molecular complexity index is 1230. The van der Waals surface area contributed by atoms with E-state index < -0.39 is 0 Å². The Labute approximate surface area is 171 Å². The van der Waals surface area contributed by atoms with Crippen LogP contribution in [0.25, 0.3) is 21.1 Å². The fraction of sp³-hybridized carbons (Fsp3) is 0.238. The second-order valence-electron chi connectivity index (χ2n) is 6.52. The molecule has 0 radical (unpaired) electrons.